The van der Waals surface area contributed by atoms with Gasteiger partial charge in [-0.3, -0.25) is 0 Å². The number of hydrogen-bond donors (Lipinski definition) is 1. The van der Waals surface area contributed by atoms with Crippen LogP contribution in [-0.4, -0.2) is 32.7 Å². The molecular weight excluding hydrogens is 246 g/mol. The lowest BCUT2D eigenvalue weighted by atomic mass is 10.0. The molecule has 3 rings (SSSR count). The maximum absolute atomic E-state index is 11.2. The number of nitrogens with zero attached hydrogens (tertiary/aromatic N) is 3. The lowest BCUT2D eigenvalue weighted by Crippen LogP contribution is -2.08. The maximum atomic E-state index is 11.2. The first kappa shape index (κ1) is 11.7. The first-order valence-electron chi connectivity index (χ1n) is 6.06. The number of carbonyl (C=O) groups is 1. The molecule has 0 radical (unpaired) electrons. The number of rotatable bonds is 2. The molecule has 0 atom stereocenters. The molecule has 98 valence electrons. The number of ether oxygens (including phenoxy) is 1. The van der Waals surface area contributed by atoms with Crippen LogP contribution < -0.4 is 4.74 Å². The van der Waals surface area contributed by atoms with E-state index in [0.29, 0.717) is 5.69 Å². The van der Waals surface area contributed by atoms with Crippen LogP contribution in [0, 0.1) is 0 Å². The predicted octanol–water partition coefficient (Wildman–Crippen LogP) is 1.51. The maximum Gasteiger partial charge on any atom is 0.358 e. The highest BCUT2D eigenvalue weighted by Gasteiger charge is 2.20. The zero-order chi connectivity index (χ0) is 13.4. The van der Waals surface area contributed by atoms with Gasteiger partial charge in [-0.25, -0.2) is 4.79 Å². The Labute approximate surface area is 109 Å². The van der Waals surface area contributed by atoms with E-state index in [2.05, 4.69) is 10.2 Å². The molecule has 0 amide bonds. The van der Waals surface area contributed by atoms with Gasteiger partial charge in [0.2, 0.25) is 0 Å². The SMILES string of the molecule is Cn1nc(C(=O)O)c(-c2ccc3c(c2)CCCO3)n1. The minimum Gasteiger partial charge on any atom is -0.493 e. The van der Waals surface area contributed by atoms with Crippen molar-refractivity contribution in [3.63, 3.8) is 0 Å². The van der Waals surface area contributed by atoms with Crippen molar-refractivity contribution in [2.75, 3.05) is 6.61 Å². The molecule has 0 unspecified atom stereocenters. The van der Waals surface area contributed by atoms with Crippen molar-refractivity contribution in [2.45, 2.75) is 12.8 Å². The van der Waals surface area contributed by atoms with Crippen LogP contribution in [0.5, 0.6) is 5.75 Å². The lowest BCUT2D eigenvalue weighted by molar-refractivity contribution is 0.0690. The van der Waals surface area contributed by atoms with Crippen molar-refractivity contribution >= 4 is 5.97 Å². The summed E-state index contributed by atoms with van der Waals surface area (Å²) in [5, 5.41) is 17.1. The summed E-state index contributed by atoms with van der Waals surface area (Å²) in [5.74, 6) is -0.201. The number of carboxylic acids is 1. The molecule has 6 heteroatoms. The fraction of sp³-hybridized carbons (Fsp3) is 0.308. The van der Waals surface area contributed by atoms with E-state index in [-0.39, 0.29) is 5.69 Å². The zero-order valence-corrected chi connectivity index (χ0v) is 10.5. The van der Waals surface area contributed by atoms with E-state index in [9.17, 15) is 4.79 Å². The molecule has 1 aliphatic heterocycles. The normalized spacial score (nSPS) is 13.7. The van der Waals surface area contributed by atoms with Crippen LogP contribution in [0.4, 0.5) is 0 Å². The monoisotopic (exact) mass is 259 g/mol. The summed E-state index contributed by atoms with van der Waals surface area (Å²) in [5.41, 5.74) is 2.21. The van der Waals surface area contributed by atoms with Gasteiger partial charge in [0.15, 0.2) is 5.69 Å². The third kappa shape index (κ3) is 2.05. The molecule has 0 fully saturated rings. The average Bonchev–Trinajstić information content (AvgIpc) is 2.80. The highest BCUT2D eigenvalue weighted by Crippen LogP contribution is 2.30. The second kappa shape index (κ2) is 4.38. The van der Waals surface area contributed by atoms with Gasteiger partial charge in [0.25, 0.3) is 0 Å². The number of hydrogen-bond acceptors (Lipinski definition) is 4. The minimum absolute atomic E-state index is 0.0285. The minimum atomic E-state index is -1.07. The second-order valence-electron chi connectivity index (χ2n) is 4.47. The summed E-state index contributed by atoms with van der Waals surface area (Å²) in [6.45, 7) is 0.734. The van der Waals surface area contributed by atoms with E-state index in [1.807, 2.05) is 18.2 Å². The topological polar surface area (TPSA) is 77.2 Å². The Morgan fingerprint density at radius 3 is 3.05 bits per heavy atom. The quantitative estimate of drug-likeness (QED) is 0.884. The first-order chi connectivity index (χ1) is 9.15. The Hall–Kier alpha value is -2.37. The number of aromatic carboxylic acids is 1. The van der Waals surface area contributed by atoms with Crippen LogP contribution in [0.3, 0.4) is 0 Å². The fourth-order valence-corrected chi connectivity index (χ4v) is 2.25. The van der Waals surface area contributed by atoms with E-state index in [0.717, 1.165) is 36.3 Å². The summed E-state index contributed by atoms with van der Waals surface area (Å²) in [6.07, 6.45) is 1.91. The van der Waals surface area contributed by atoms with Gasteiger partial charge >= 0.3 is 5.97 Å². The van der Waals surface area contributed by atoms with E-state index < -0.39 is 5.97 Å². The number of carboxylic acid groups (broad SMARTS) is 1. The fourth-order valence-electron chi connectivity index (χ4n) is 2.25. The smallest absolute Gasteiger partial charge is 0.358 e. The number of aromatic nitrogens is 3. The van der Waals surface area contributed by atoms with Gasteiger partial charge in [0.05, 0.1) is 6.61 Å². The molecule has 0 bridgehead atoms. The summed E-state index contributed by atoms with van der Waals surface area (Å²) < 4.78 is 5.54. The molecular formula is C13H13N3O3. The molecule has 1 aliphatic rings. The van der Waals surface area contributed by atoms with Crippen molar-refractivity contribution in [3.8, 4) is 17.0 Å². The first-order valence-corrected chi connectivity index (χ1v) is 6.06. The third-order valence-corrected chi connectivity index (χ3v) is 3.10. The van der Waals surface area contributed by atoms with Crippen molar-refractivity contribution in [3.05, 3.63) is 29.5 Å². The van der Waals surface area contributed by atoms with Crippen LogP contribution in [0.25, 0.3) is 11.3 Å². The van der Waals surface area contributed by atoms with E-state index >= 15 is 0 Å². The molecule has 0 aliphatic carbocycles. The largest absolute Gasteiger partial charge is 0.493 e. The summed E-state index contributed by atoms with van der Waals surface area (Å²) >= 11 is 0. The molecule has 0 saturated carbocycles. The van der Waals surface area contributed by atoms with Gasteiger partial charge in [-0.1, -0.05) is 0 Å². The second-order valence-corrected chi connectivity index (χ2v) is 4.47. The standard InChI is InChI=1S/C13H13N3O3/c1-16-14-11(12(15-16)13(17)18)9-4-5-10-8(7-9)3-2-6-19-10/h4-5,7H,2-3,6H2,1H3,(H,17,18). The summed E-state index contributed by atoms with van der Waals surface area (Å²) in [6, 6.07) is 5.62. The van der Waals surface area contributed by atoms with Crippen molar-refractivity contribution in [1.82, 2.24) is 15.0 Å². The molecule has 1 aromatic heterocycles. The Morgan fingerprint density at radius 2 is 2.26 bits per heavy atom. The van der Waals surface area contributed by atoms with Crippen molar-refractivity contribution in [2.24, 2.45) is 7.05 Å². The molecule has 1 aromatic carbocycles. The Kier molecular flexibility index (Phi) is 2.70. The van der Waals surface area contributed by atoms with Crippen molar-refractivity contribution in [1.29, 1.82) is 0 Å². The molecule has 1 N–H and O–H groups in total. The van der Waals surface area contributed by atoms with Crippen LogP contribution in [0.15, 0.2) is 18.2 Å². The Balaban J connectivity index is 2.09. The Morgan fingerprint density at radius 1 is 1.42 bits per heavy atom. The van der Waals surface area contributed by atoms with Crippen molar-refractivity contribution < 1.29 is 14.6 Å². The van der Waals surface area contributed by atoms with Gasteiger partial charge in [0, 0.05) is 12.6 Å². The predicted molar refractivity (Wildman–Crippen MR) is 67.2 cm³/mol. The highest BCUT2D eigenvalue weighted by atomic mass is 16.5. The van der Waals surface area contributed by atoms with E-state index in [1.54, 1.807) is 7.05 Å². The number of aryl methyl sites for hydroxylation is 2. The third-order valence-electron chi connectivity index (χ3n) is 3.10. The van der Waals surface area contributed by atoms with E-state index in [4.69, 9.17) is 9.84 Å². The highest BCUT2D eigenvalue weighted by molar-refractivity contribution is 5.92. The van der Waals surface area contributed by atoms with Gasteiger partial charge in [0.1, 0.15) is 11.4 Å². The van der Waals surface area contributed by atoms with Crippen LogP contribution in [0.1, 0.15) is 22.5 Å². The molecule has 19 heavy (non-hydrogen) atoms. The summed E-state index contributed by atoms with van der Waals surface area (Å²) in [7, 11) is 1.61. The molecule has 2 aromatic rings. The van der Waals surface area contributed by atoms with Gasteiger partial charge in [-0.05, 0) is 36.6 Å². The lowest BCUT2D eigenvalue weighted by Gasteiger charge is -2.17. The van der Waals surface area contributed by atoms with Gasteiger partial charge in [-0.15, -0.1) is 5.10 Å². The summed E-state index contributed by atoms with van der Waals surface area (Å²) in [4.78, 5) is 12.4. The molecule has 6 nitrogen and oxygen atoms in total. The number of benzene rings is 1. The van der Waals surface area contributed by atoms with Crippen LogP contribution in [0.2, 0.25) is 0 Å². The average molecular weight is 259 g/mol. The zero-order valence-electron chi connectivity index (χ0n) is 10.5. The van der Waals surface area contributed by atoms with Gasteiger partial charge in [-0.2, -0.15) is 9.90 Å². The number of fused-ring (bicyclic) bond motifs is 1. The molecule has 2 heterocycles. The Bertz CT molecular complexity index is 649. The van der Waals surface area contributed by atoms with Crippen LogP contribution >= 0.6 is 0 Å². The van der Waals surface area contributed by atoms with E-state index in [1.165, 1.54) is 4.80 Å². The molecule has 0 saturated heterocycles. The molecule has 0 spiro atoms. The van der Waals surface area contributed by atoms with Crippen LogP contribution in [-0.2, 0) is 13.5 Å². The van der Waals surface area contributed by atoms with Gasteiger partial charge < -0.3 is 9.84 Å².